The standard InChI is InChI=1S/C12H12FN5O/c1-7-2-3-8(6-9(7)13)15-12(19)10-4-5-11(16-14)18-17-10/h2-6H,14H2,1H3,(H,15,19)(H,16,18). The molecule has 0 saturated heterocycles. The number of benzene rings is 1. The molecule has 0 aliphatic heterocycles. The van der Waals surface area contributed by atoms with Crippen molar-refractivity contribution in [2.75, 3.05) is 10.7 Å². The van der Waals surface area contributed by atoms with Crippen molar-refractivity contribution in [1.29, 1.82) is 0 Å². The van der Waals surface area contributed by atoms with Crippen LogP contribution in [0.15, 0.2) is 30.3 Å². The molecule has 0 atom stereocenters. The van der Waals surface area contributed by atoms with Crippen LogP contribution in [0.2, 0.25) is 0 Å². The van der Waals surface area contributed by atoms with Crippen LogP contribution in [0.5, 0.6) is 0 Å². The van der Waals surface area contributed by atoms with Gasteiger partial charge in [-0.2, -0.15) is 0 Å². The third-order valence-corrected chi connectivity index (χ3v) is 2.47. The van der Waals surface area contributed by atoms with Gasteiger partial charge in [0.05, 0.1) is 0 Å². The van der Waals surface area contributed by atoms with E-state index in [4.69, 9.17) is 5.84 Å². The van der Waals surface area contributed by atoms with Gasteiger partial charge in [0.1, 0.15) is 5.82 Å². The van der Waals surface area contributed by atoms with E-state index in [1.807, 2.05) is 0 Å². The molecule has 0 spiro atoms. The van der Waals surface area contributed by atoms with E-state index in [1.54, 1.807) is 19.1 Å². The van der Waals surface area contributed by atoms with Gasteiger partial charge in [0.15, 0.2) is 11.5 Å². The predicted molar refractivity (Wildman–Crippen MR) is 68.9 cm³/mol. The number of rotatable bonds is 3. The molecule has 4 N–H and O–H groups in total. The molecular formula is C12H12FN5O. The first kappa shape index (κ1) is 12.9. The van der Waals surface area contributed by atoms with E-state index in [-0.39, 0.29) is 11.5 Å². The fraction of sp³-hybridized carbons (Fsp3) is 0.0833. The molecule has 1 aromatic carbocycles. The van der Waals surface area contributed by atoms with Crippen molar-refractivity contribution < 1.29 is 9.18 Å². The number of nitrogen functional groups attached to an aromatic ring is 1. The van der Waals surface area contributed by atoms with Crippen LogP contribution >= 0.6 is 0 Å². The fourth-order valence-corrected chi connectivity index (χ4v) is 1.40. The summed E-state index contributed by atoms with van der Waals surface area (Å²) in [6.45, 7) is 1.64. The largest absolute Gasteiger partial charge is 0.320 e. The van der Waals surface area contributed by atoms with Crippen LogP contribution in [-0.2, 0) is 0 Å². The molecule has 2 aromatic rings. The molecule has 0 fully saturated rings. The fourth-order valence-electron chi connectivity index (χ4n) is 1.40. The molecule has 7 heteroatoms. The number of hydrogen-bond donors (Lipinski definition) is 3. The smallest absolute Gasteiger partial charge is 0.276 e. The Bertz CT molecular complexity index is 600. The molecular weight excluding hydrogens is 249 g/mol. The summed E-state index contributed by atoms with van der Waals surface area (Å²) < 4.78 is 13.3. The zero-order valence-electron chi connectivity index (χ0n) is 10.1. The normalized spacial score (nSPS) is 10.1. The first-order chi connectivity index (χ1) is 9.10. The van der Waals surface area contributed by atoms with Crippen LogP contribution in [-0.4, -0.2) is 16.1 Å². The Labute approximate surface area is 108 Å². The Morgan fingerprint density at radius 3 is 2.63 bits per heavy atom. The Kier molecular flexibility index (Phi) is 3.67. The van der Waals surface area contributed by atoms with Crippen LogP contribution in [0.3, 0.4) is 0 Å². The van der Waals surface area contributed by atoms with Gasteiger partial charge in [0, 0.05) is 5.69 Å². The van der Waals surface area contributed by atoms with Crippen molar-refractivity contribution >= 4 is 17.4 Å². The topological polar surface area (TPSA) is 92.9 Å². The summed E-state index contributed by atoms with van der Waals surface area (Å²) in [6, 6.07) is 7.41. The Morgan fingerprint density at radius 1 is 1.26 bits per heavy atom. The number of aromatic nitrogens is 2. The number of aryl methyl sites for hydroxylation is 1. The lowest BCUT2D eigenvalue weighted by Gasteiger charge is -2.06. The maximum absolute atomic E-state index is 13.3. The SMILES string of the molecule is Cc1ccc(NC(=O)c2ccc(NN)nn2)cc1F. The predicted octanol–water partition coefficient (Wildman–Crippen LogP) is 1.46. The molecule has 1 heterocycles. The monoisotopic (exact) mass is 261 g/mol. The molecule has 6 nitrogen and oxygen atoms in total. The van der Waals surface area contributed by atoms with E-state index in [2.05, 4.69) is 20.9 Å². The van der Waals surface area contributed by atoms with Crippen molar-refractivity contribution in [3.63, 3.8) is 0 Å². The quantitative estimate of drug-likeness (QED) is 0.574. The summed E-state index contributed by atoms with van der Waals surface area (Å²) in [4.78, 5) is 11.8. The van der Waals surface area contributed by atoms with Gasteiger partial charge in [0.2, 0.25) is 0 Å². The third kappa shape index (κ3) is 3.02. The van der Waals surface area contributed by atoms with Crippen LogP contribution in [0.1, 0.15) is 16.1 Å². The van der Waals surface area contributed by atoms with E-state index in [9.17, 15) is 9.18 Å². The van der Waals surface area contributed by atoms with Crippen LogP contribution in [0.4, 0.5) is 15.9 Å². The number of amides is 1. The Hall–Kier alpha value is -2.54. The minimum absolute atomic E-state index is 0.111. The summed E-state index contributed by atoms with van der Waals surface area (Å²) >= 11 is 0. The van der Waals surface area contributed by atoms with Gasteiger partial charge >= 0.3 is 0 Å². The maximum atomic E-state index is 13.3. The van der Waals surface area contributed by atoms with Crippen molar-refractivity contribution in [3.8, 4) is 0 Å². The lowest BCUT2D eigenvalue weighted by atomic mass is 10.2. The summed E-state index contributed by atoms with van der Waals surface area (Å²) in [7, 11) is 0. The molecule has 1 amide bonds. The Balaban J connectivity index is 2.13. The van der Waals surface area contributed by atoms with E-state index < -0.39 is 5.91 Å². The van der Waals surface area contributed by atoms with Gasteiger partial charge in [-0.05, 0) is 36.8 Å². The summed E-state index contributed by atoms with van der Waals surface area (Å²) in [6.07, 6.45) is 0. The number of nitrogens with two attached hydrogens (primary N) is 1. The number of hydrogen-bond acceptors (Lipinski definition) is 5. The van der Waals surface area contributed by atoms with Gasteiger partial charge in [-0.15, -0.1) is 10.2 Å². The van der Waals surface area contributed by atoms with Crippen molar-refractivity contribution in [2.45, 2.75) is 6.92 Å². The molecule has 0 unspecified atom stereocenters. The highest BCUT2D eigenvalue weighted by molar-refractivity contribution is 6.02. The molecule has 0 aliphatic carbocycles. The minimum Gasteiger partial charge on any atom is -0.320 e. The van der Waals surface area contributed by atoms with Crippen LogP contribution in [0.25, 0.3) is 0 Å². The van der Waals surface area contributed by atoms with Gasteiger partial charge in [0.25, 0.3) is 5.91 Å². The van der Waals surface area contributed by atoms with Crippen molar-refractivity contribution in [2.24, 2.45) is 5.84 Å². The average molecular weight is 261 g/mol. The lowest BCUT2D eigenvalue weighted by Crippen LogP contribution is -2.16. The van der Waals surface area contributed by atoms with Crippen molar-refractivity contribution in [1.82, 2.24) is 10.2 Å². The average Bonchev–Trinajstić information content (AvgIpc) is 2.43. The van der Waals surface area contributed by atoms with Crippen LogP contribution in [0, 0.1) is 12.7 Å². The number of nitrogens with one attached hydrogen (secondary N) is 2. The van der Waals surface area contributed by atoms with E-state index in [0.717, 1.165) is 0 Å². The molecule has 1 aromatic heterocycles. The zero-order valence-corrected chi connectivity index (χ0v) is 10.1. The second-order valence-corrected chi connectivity index (χ2v) is 3.87. The number of carbonyl (C=O) groups excluding carboxylic acids is 1. The van der Waals surface area contributed by atoms with Gasteiger partial charge in [-0.25, -0.2) is 10.2 Å². The molecule has 0 bridgehead atoms. The lowest BCUT2D eigenvalue weighted by molar-refractivity contribution is 0.102. The summed E-state index contributed by atoms with van der Waals surface area (Å²) in [5, 5.41) is 9.89. The van der Waals surface area contributed by atoms with Gasteiger partial charge < -0.3 is 10.7 Å². The highest BCUT2D eigenvalue weighted by Gasteiger charge is 2.09. The molecule has 0 saturated carbocycles. The number of nitrogens with zero attached hydrogens (tertiary/aromatic N) is 2. The molecule has 0 radical (unpaired) electrons. The molecule has 98 valence electrons. The second kappa shape index (κ2) is 5.40. The third-order valence-electron chi connectivity index (χ3n) is 2.47. The molecule has 0 aliphatic rings. The molecule has 19 heavy (non-hydrogen) atoms. The number of carbonyl (C=O) groups is 1. The zero-order chi connectivity index (χ0) is 13.8. The van der Waals surface area contributed by atoms with Gasteiger partial charge in [-0.1, -0.05) is 6.07 Å². The van der Waals surface area contributed by atoms with Crippen LogP contribution < -0.4 is 16.6 Å². The van der Waals surface area contributed by atoms with Crippen molar-refractivity contribution in [3.05, 3.63) is 47.4 Å². The first-order valence-corrected chi connectivity index (χ1v) is 5.48. The first-order valence-electron chi connectivity index (χ1n) is 5.48. The highest BCUT2D eigenvalue weighted by Crippen LogP contribution is 2.14. The maximum Gasteiger partial charge on any atom is 0.276 e. The second-order valence-electron chi connectivity index (χ2n) is 3.87. The van der Waals surface area contributed by atoms with E-state index in [0.29, 0.717) is 17.1 Å². The van der Waals surface area contributed by atoms with E-state index in [1.165, 1.54) is 18.2 Å². The summed E-state index contributed by atoms with van der Waals surface area (Å²) in [5.74, 6) is 4.63. The highest BCUT2D eigenvalue weighted by atomic mass is 19.1. The number of halogens is 1. The van der Waals surface area contributed by atoms with E-state index >= 15 is 0 Å². The number of hydrazine groups is 1. The minimum atomic E-state index is -0.473. The summed E-state index contributed by atoms with van der Waals surface area (Å²) in [5.41, 5.74) is 3.28. The van der Waals surface area contributed by atoms with Gasteiger partial charge in [-0.3, -0.25) is 4.79 Å². The Morgan fingerprint density at radius 2 is 2.05 bits per heavy atom. The molecule has 2 rings (SSSR count). The number of anilines is 2.